The zero-order valence-electron chi connectivity index (χ0n) is 38.8. The van der Waals surface area contributed by atoms with Crippen LogP contribution in [-0.2, 0) is 0 Å². The molecule has 69 heavy (non-hydrogen) atoms. The van der Waals surface area contributed by atoms with Crippen molar-refractivity contribution >= 4 is 66.3 Å². The maximum atomic E-state index is 2.40. The van der Waals surface area contributed by atoms with Crippen molar-refractivity contribution in [3.8, 4) is 33.4 Å². The molecule has 330 valence electrons. The molecule has 0 saturated heterocycles. The highest BCUT2D eigenvalue weighted by Gasteiger charge is 2.18. The number of allylic oxidation sites excluding steroid dienone is 4. The highest BCUT2D eigenvalue weighted by atomic mass is 15.1. The molecule has 0 amide bonds. The number of nitrogens with zero attached hydrogens (tertiary/aromatic N) is 2. The van der Waals surface area contributed by atoms with E-state index in [0.29, 0.717) is 0 Å². The normalized spacial score (nSPS) is 12.0. The van der Waals surface area contributed by atoms with Gasteiger partial charge in [0, 0.05) is 35.5 Å². The molecule has 0 radical (unpaired) electrons. The van der Waals surface area contributed by atoms with E-state index in [9.17, 15) is 0 Å². The van der Waals surface area contributed by atoms with Gasteiger partial charge < -0.3 is 9.80 Å². The predicted molar refractivity (Wildman–Crippen MR) is 297 cm³/mol. The molecule has 12 rings (SSSR count). The van der Waals surface area contributed by atoms with Crippen LogP contribution in [0.3, 0.4) is 0 Å². The van der Waals surface area contributed by atoms with Gasteiger partial charge >= 0.3 is 0 Å². The molecule has 2 heteroatoms. The summed E-state index contributed by atoms with van der Waals surface area (Å²) in [6.07, 6.45) is 9.11. The first-order valence-corrected chi connectivity index (χ1v) is 23.9. The van der Waals surface area contributed by atoms with Crippen LogP contribution in [-0.4, -0.2) is 7.05 Å². The molecular weight excluding hydrogens is 833 g/mol. The van der Waals surface area contributed by atoms with E-state index in [1.54, 1.807) is 0 Å². The first kappa shape index (κ1) is 42.9. The Morgan fingerprint density at radius 2 is 0.652 bits per heavy atom. The van der Waals surface area contributed by atoms with Crippen molar-refractivity contribution in [2.24, 2.45) is 0 Å². The van der Waals surface area contributed by atoms with Gasteiger partial charge in [-0.2, -0.15) is 0 Å². The third kappa shape index (κ3) is 9.47. The van der Waals surface area contributed by atoms with Crippen LogP contribution in [0.25, 0.3) is 71.3 Å². The van der Waals surface area contributed by atoms with Crippen LogP contribution in [0, 0.1) is 0 Å². The summed E-state index contributed by atoms with van der Waals surface area (Å²) in [6.45, 7) is 0. The highest BCUT2D eigenvalue weighted by Crippen LogP contribution is 2.41. The second-order valence-corrected chi connectivity index (χ2v) is 17.8. The summed E-state index contributed by atoms with van der Waals surface area (Å²) in [5, 5.41) is 7.48. The van der Waals surface area contributed by atoms with Crippen molar-refractivity contribution < 1.29 is 0 Å². The van der Waals surface area contributed by atoms with Gasteiger partial charge in [0.05, 0.1) is 0 Å². The van der Waals surface area contributed by atoms with Crippen LogP contribution < -0.4 is 9.80 Å². The summed E-state index contributed by atoms with van der Waals surface area (Å²) in [6, 6.07) is 91.6. The van der Waals surface area contributed by atoms with Gasteiger partial charge in [0.15, 0.2) is 0 Å². The Bertz CT molecular complexity index is 3490. The molecule has 11 aromatic carbocycles. The summed E-state index contributed by atoms with van der Waals surface area (Å²) in [5.74, 6) is 0. The molecule has 0 saturated carbocycles. The molecule has 1 aliphatic carbocycles. The molecule has 11 aromatic rings. The fraction of sp³-hybridized carbons (Fsp3) is 0.0448. The van der Waals surface area contributed by atoms with Crippen molar-refractivity contribution in [1.82, 2.24) is 0 Å². The van der Waals surface area contributed by atoms with Crippen molar-refractivity contribution in [3.05, 3.63) is 279 Å². The molecule has 0 N–H and O–H groups in total. The van der Waals surface area contributed by atoms with E-state index < -0.39 is 0 Å². The van der Waals surface area contributed by atoms with Gasteiger partial charge in [-0.1, -0.05) is 200 Å². The summed E-state index contributed by atoms with van der Waals surface area (Å²) >= 11 is 0. The van der Waals surface area contributed by atoms with E-state index in [-0.39, 0.29) is 0 Å². The number of hydrogen-bond donors (Lipinski definition) is 0. The fourth-order valence-electron chi connectivity index (χ4n) is 9.54. The van der Waals surface area contributed by atoms with Gasteiger partial charge in [-0.15, -0.1) is 0 Å². The number of benzene rings is 11. The maximum absolute atomic E-state index is 2.40. The molecule has 0 aliphatic heterocycles. The zero-order chi connectivity index (χ0) is 46.4. The molecular formula is C67H52N2. The third-order valence-corrected chi connectivity index (χ3v) is 13.2. The lowest BCUT2D eigenvalue weighted by atomic mass is 9.94. The summed E-state index contributed by atoms with van der Waals surface area (Å²) < 4.78 is 0. The second-order valence-electron chi connectivity index (χ2n) is 17.8. The molecule has 0 atom stereocenters. The van der Waals surface area contributed by atoms with Gasteiger partial charge in [-0.3, -0.25) is 0 Å². The molecule has 0 bridgehead atoms. The van der Waals surface area contributed by atoms with Gasteiger partial charge in [0.25, 0.3) is 0 Å². The molecule has 0 heterocycles. The summed E-state index contributed by atoms with van der Waals surface area (Å²) in [5.41, 5.74) is 15.7. The van der Waals surface area contributed by atoms with Crippen LogP contribution in [0.5, 0.6) is 0 Å². The Morgan fingerprint density at radius 3 is 1.10 bits per heavy atom. The van der Waals surface area contributed by atoms with Crippen LogP contribution >= 0.6 is 0 Å². The standard InChI is InChI=1S/C38H29N.C29H23N/c1-3-11-28(12-4-1)34-23-35(29-13-5-2-6-14-29)27-38(26-34)39(36-21-19-30-15-7-9-17-32(30)24-36)37-22-20-31-16-8-10-18-33(31)25-37;1-30(28-17-16-24-14-8-9-15-25(24)19-28)29-20-26(22-10-4-2-5-11-22)18-27(21-29)23-12-6-3-7-13-23/h1,3-5,7-27H,2,6H2;2-21H,1H3. The fourth-order valence-corrected chi connectivity index (χ4v) is 9.54. The van der Waals surface area contributed by atoms with Gasteiger partial charge in [0.1, 0.15) is 0 Å². The highest BCUT2D eigenvalue weighted by molar-refractivity contribution is 5.94. The third-order valence-electron chi connectivity index (χ3n) is 13.2. The molecule has 2 nitrogen and oxygen atoms in total. The average Bonchev–Trinajstić information content (AvgIpc) is 3.43. The number of fused-ring (bicyclic) bond motifs is 3. The van der Waals surface area contributed by atoms with E-state index in [0.717, 1.165) is 29.9 Å². The van der Waals surface area contributed by atoms with E-state index in [2.05, 4.69) is 290 Å². The first-order valence-electron chi connectivity index (χ1n) is 23.9. The SMILES string of the molecule is C1=CC(c2cc(-c3ccccc3)cc(N(c3ccc4ccccc4c3)c3ccc4ccccc4c3)c2)=CCC1.CN(c1cc(-c2ccccc2)cc(-c2ccccc2)c1)c1ccc2ccccc2c1. The van der Waals surface area contributed by atoms with Crippen molar-refractivity contribution in [2.45, 2.75) is 12.8 Å². The molecule has 0 unspecified atom stereocenters. The quantitative estimate of drug-likeness (QED) is 0.142. The topological polar surface area (TPSA) is 6.48 Å². The smallest absolute Gasteiger partial charge is 0.0473 e. The lowest BCUT2D eigenvalue weighted by molar-refractivity contribution is 1.04. The van der Waals surface area contributed by atoms with Gasteiger partial charge in [-0.25, -0.2) is 0 Å². The Morgan fingerprint density at radius 1 is 0.275 bits per heavy atom. The van der Waals surface area contributed by atoms with Gasteiger partial charge in [0.2, 0.25) is 0 Å². The Balaban J connectivity index is 0.000000156. The first-order chi connectivity index (χ1) is 34.1. The molecule has 0 spiro atoms. The van der Waals surface area contributed by atoms with Crippen LogP contribution in [0.1, 0.15) is 18.4 Å². The Kier molecular flexibility index (Phi) is 12.2. The lowest BCUT2D eigenvalue weighted by Gasteiger charge is -2.28. The minimum Gasteiger partial charge on any atom is -0.345 e. The van der Waals surface area contributed by atoms with Crippen molar-refractivity contribution in [3.63, 3.8) is 0 Å². The lowest BCUT2D eigenvalue weighted by Crippen LogP contribution is -2.10. The van der Waals surface area contributed by atoms with Crippen molar-refractivity contribution in [2.75, 3.05) is 16.8 Å². The minimum absolute atomic E-state index is 1.08. The monoisotopic (exact) mass is 884 g/mol. The van der Waals surface area contributed by atoms with Crippen LogP contribution in [0.15, 0.2) is 273 Å². The number of anilines is 5. The van der Waals surface area contributed by atoms with E-state index in [1.807, 2.05) is 0 Å². The van der Waals surface area contributed by atoms with E-state index >= 15 is 0 Å². The second kappa shape index (κ2) is 19.6. The predicted octanol–water partition coefficient (Wildman–Crippen LogP) is 18.8. The average molecular weight is 885 g/mol. The van der Waals surface area contributed by atoms with Crippen LogP contribution in [0.4, 0.5) is 28.4 Å². The zero-order valence-corrected chi connectivity index (χ0v) is 38.8. The van der Waals surface area contributed by atoms with E-state index in [1.165, 1.54) is 88.2 Å². The Hall–Kier alpha value is -8.72. The molecule has 0 aromatic heterocycles. The van der Waals surface area contributed by atoms with Crippen molar-refractivity contribution in [1.29, 1.82) is 0 Å². The van der Waals surface area contributed by atoms with Gasteiger partial charge in [-0.05, 0) is 162 Å². The largest absolute Gasteiger partial charge is 0.345 e. The molecule has 1 aliphatic rings. The molecule has 0 fully saturated rings. The minimum atomic E-state index is 1.08. The Labute approximate surface area is 406 Å². The number of hydrogen-bond acceptors (Lipinski definition) is 2. The number of rotatable bonds is 9. The van der Waals surface area contributed by atoms with E-state index in [4.69, 9.17) is 0 Å². The maximum Gasteiger partial charge on any atom is 0.0473 e. The summed E-state index contributed by atoms with van der Waals surface area (Å²) in [7, 11) is 2.14. The van der Waals surface area contributed by atoms with Crippen LogP contribution in [0.2, 0.25) is 0 Å². The summed E-state index contributed by atoms with van der Waals surface area (Å²) in [4.78, 5) is 4.67.